The molecule has 2 aliphatic rings. The minimum Gasteiger partial charge on any atom is -0.382 e. The summed E-state index contributed by atoms with van der Waals surface area (Å²) in [5.74, 6) is -0.318. The van der Waals surface area contributed by atoms with Crippen molar-refractivity contribution in [1.82, 2.24) is 15.2 Å². The maximum Gasteiger partial charge on any atom is 0.253 e. The van der Waals surface area contributed by atoms with Gasteiger partial charge in [0.25, 0.3) is 11.5 Å². The number of carbonyl (C=O) groups is 1. The van der Waals surface area contributed by atoms with Gasteiger partial charge in [-0.25, -0.2) is 0 Å². The largest absolute Gasteiger partial charge is 0.382 e. The maximum atomic E-state index is 13.6. The van der Waals surface area contributed by atoms with Crippen molar-refractivity contribution in [1.29, 1.82) is 5.41 Å². The zero-order valence-corrected chi connectivity index (χ0v) is 26.0. The molecule has 44 heavy (non-hydrogen) atoms. The number of carbonyl (C=O) groups excluding carboxylic acids is 1. The molecule has 1 saturated heterocycles. The van der Waals surface area contributed by atoms with Crippen LogP contribution in [0.3, 0.4) is 0 Å². The fourth-order valence-electron chi connectivity index (χ4n) is 6.14. The van der Waals surface area contributed by atoms with Crippen LogP contribution in [-0.4, -0.2) is 67.5 Å². The number of amides is 1. The quantitative estimate of drug-likeness (QED) is 0.159. The van der Waals surface area contributed by atoms with Crippen molar-refractivity contribution in [3.63, 3.8) is 0 Å². The second kappa shape index (κ2) is 15.3. The number of ether oxygens (including phenoxy) is 2. The number of aryl methyl sites for hydroxylation is 2. The third-order valence-corrected chi connectivity index (χ3v) is 8.63. The number of rotatable bonds is 13. The van der Waals surface area contributed by atoms with Gasteiger partial charge in [0.15, 0.2) is 0 Å². The lowest BCUT2D eigenvalue weighted by molar-refractivity contribution is 0.0310. The number of pyridine rings is 1. The van der Waals surface area contributed by atoms with Crippen LogP contribution in [0.2, 0.25) is 0 Å². The molecule has 1 aromatic heterocycles. The van der Waals surface area contributed by atoms with Crippen LogP contribution in [0.5, 0.6) is 0 Å². The minimum absolute atomic E-state index is 0.106. The summed E-state index contributed by atoms with van der Waals surface area (Å²) in [5, 5.41) is 14.8. The van der Waals surface area contributed by atoms with Crippen molar-refractivity contribution >= 4 is 17.8 Å². The summed E-state index contributed by atoms with van der Waals surface area (Å²) in [6.45, 7) is 9.73. The van der Waals surface area contributed by atoms with Crippen molar-refractivity contribution in [3.05, 3.63) is 86.3 Å². The Kier molecular flexibility index (Phi) is 11.0. The van der Waals surface area contributed by atoms with Crippen molar-refractivity contribution < 1.29 is 14.3 Å². The number of nitrogens with zero attached hydrogens (tertiary/aromatic N) is 1. The standard InChI is InChI=1S/C35H45N5O4/c1-24-18-25(2)38-35(42)32(24)22-37-34(41)30-19-28(20-33(31(30)21-36)39-29-6-3-4-7-29)27-10-8-26(9-11-27)23-44-15-5-12-40-13-16-43-17-14-40/h8-11,18-21,29,36,39H,3-7,12-17,22-23H2,1-2H3,(H,37,41)(H,38,42). The number of H-pyrrole nitrogens is 1. The van der Waals surface area contributed by atoms with E-state index in [2.05, 4.69) is 44.8 Å². The van der Waals surface area contributed by atoms with Gasteiger partial charge < -0.3 is 30.5 Å². The van der Waals surface area contributed by atoms with E-state index in [0.717, 1.165) is 85.7 Å². The monoisotopic (exact) mass is 599 g/mol. The summed E-state index contributed by atoms with van der Waals surface area (Å²) in [6, 6.07) is 14.4. The molecule has 4 N–H and O–H groups in total. The van der Waals surface area contributed by atoms with E-state index in [-0.39, 0.29) is 18.0 Å². The highest BCUT2D eigenvalue weighted by atomic mass is 16.5. The molecule has 2 aromatic carbocycles. The molecule has 1 aliphatic heterocycles. The molecule has 9 nitrogen and oxygen atoms in total. The molecule has 0 unspecified atom stereocenters. The fraction of sp³-hybridized carbons (Fsp3) is 0.457. The van der Waals surface area contributed by atoms with Crippen LogP contribution in [-0.2, 0) is 22.6 Å². The molecule has 2 heterocycles. The van der Waals surface area contributed by atoms with Crippen LogP contribution >= 0.6 is 0 Å². The van der Waals surface area contributed by atoms with Gasteiger partial charge in [-0.2, -0.15) is 0 Å². The number of morpholine rings is 1. The Labute approximate surface area is 259 Å². The van der Waals surface area contributed by atoms with Gasteiger partial charge in [0.1, 0.15) is 0 Å². The first-order valence-electron chi connectivity index (χ1n) is 15.8. The molecule has 9 heteroatoms. The summed E-state index contributed by atoms with van der Waals surface area (Å²) in [6.07, 6.45) is 6.73. The zero-order valence-electron chi connectivity index (χ0n) is 26.0. The van der Waals surface area contributed by atoms with E-state index in [4.69, 9.17) is 14.9 Å². The molecule has 1 aliphatic carbocycles. The van der Waals surface area contributed by atoms with E-state index in [1.54, 1.807) is 0 Å². The van der Waals surface area contributed by atoms with E-state index < -0.39 is 0 Å². The lowest BCUT2D eigenvalue weighted by Crippen LogP contribution is -2.37. The molecule has 1 amide bonds. The van der Waals surface area contributed by atoms with Gasteiger partial charge in [0, 0.05) is 67.6 Å². The third kappa shape index (κ3) is 8.22. The lowest BCUT2D eigenvalue weighted by Gasteiger charge is -2.26. The number of anilines is 1. The van der Waals surface area contributed by atoms with Crippen LogP contribution < -0.4 is 16.2 Å². The second-order valence-corrected chi connectivity index (χ2v) is 11.9. The molecule has 0 radical (unpaired) electrons. The average molecular weight is 600 g/mol. The molecule has 0 spiro atoms. The van der Waals surface area contributed by atoms with Gasteiger partial charge in [0.2, 0.25) is 0 Å². The predicted molar refractivity (Wildman–Crippen MR) is 175 cm³/mol. The molecule has 0 atom stereocenters. The van der Waals surface area contributed by atoms with Crippen LogP contribution in [0.15, 0.2) is 47.3 Å². The summed E-state index contributed by atoms with van der Waals surface area (Å²) in [4.78, 5) is 31.4. The van der Waals surface area contributed by atoms with Crippen molar-refractivity contribution in [2.24, 2.45) is 0 Å². The Bertz CT molecular complexity index is 1490. The minimum atomic E-state index is -0.318. The Morgan fingerprint density at radius 1 is 1.09 bits per heavy atom. The highest BCUT2D eigenvalue weighted by Crippen LogP contribution is 2.31. The Morgan fingerprint density at radius 3 is 2.55 bits per heavy atom. The van der Waals surface area contributed by atoms with E-state index in [1.807, 2.05) is 32.0 Å². The number of hydrogen-bond acceptors (Lipinski definition) is 7. The summed E-state index contributed by atoms with van der Waals surface area (Å²) >= 11 is 0. The topological polar surface area (TPSA) is 120 Å². The average Bonchev–Trinajstić information content (AvgIpc) is 3.54. The highest BCUT2D eigenvalue weighted by Gasteiger charge is 2.21. The van der Waals surface area contributed by atoms with Gasteiger partial charge in [-0.05, 0) is 73.6 Å². The summed E-state index contributed by atoms with van der Waals surface area (Å²) in [7, 11) is 0. The highest BCUT2D eigenvalue weighted by molar-refractivity contribution is 6.06. The van der Waals surface area contributed by atoms with Gasteiger partial charge in [-0.1, -0.05) is 37.1 Å². The molecular formula is C35H45N5O4. The van der Waals surface area contributed by atoms with Crippen LogP contribution in [0.25, 0.3) is 11.1 Å². The first-order chi connectivity index (χ1) is 21.4. The lowest BCUT2D eigenvalue weighted by atomic mass is 9.96. The normalized spacial score (nSPS) is 15.8. The zero-order chi connectivity index (χ0) is 30.9. The third-order valence-electron chi connectivity index (χ3n) is 8.63. The predicted octanol–water partition coefficient (Wildman–Crippen LogP) is 5.18. The molecule has 2 fully saturated rings. The van der Waals surface area contributed by atoms with Gasteiger partial charge in [0.05, 0.1) is 25.4 Å². The van der Waals surface area contributed by atoms with Crippen molar-refractivity contribution in [2.75, 3.05) is 44.8 Å². The van der Waals surface area contributed by atoms with Gasteiger partial charge >= 0.3 is 0 Å². The number of aromatic amines is 1. The maximum absolute atomic E-state index is 13.6. The first kappa shape index (κ1) is 31.6. The molecule has 1 saturated carbocycles. The summed E-state index contributed by atoms with van der Waals surface area (Å²) in [5.41, 5.74) is 6.65. The molecule has 5 rings (SSSR count). The molecule has 0 bridgehead atoms. The smallest absolute Gasteiger partial charge is 0.253 e. The fourth-order valence-corrected chi connectivity index (χ4v) is 6.14. The van der Waals surface area contributed by atoms with Crippen molar-refractivity contribution in [2.45, 2.75) is 65.1 Å². The Morgan fingerprint density at radius 2 is 1.84 bits per heavy atom. The molecule has 3 aromatic rings. The Balaban J connectivity index is 1.30. The van der Waals surface area contributed by atoms with Gasteiger partial charge in [-0.15, -0.1) is 0 Å². The van der Waals surface area contributed by atoms with E-state index in [0.29, 0.717) is 35.9 Å². The molecular weight excluding hydrogens is 554 g/mol. The van der Waals surface area contributed by atoms with E-state index in [1.165, 1.54) is 19.1 Å². The number of hydrogen-bond donors (Lipinski definition) is 4. The van der Waals surface area contributed by atoms with Crippen molar-refractivity contribution in [3.8, 4) is 11.1 Å². The van der Waals surface area contributed by atoms with Crippen LogP contribution in [0.4, 0.5) is 5.69 Å². The van der Waals surface area contributed by atoms with Gasteiger partial charge in [-0.3, -0.25) is 14.5 Å². The molecule has 234 valence electrons. The first-order valence-corrected chi connectivity index (χ1v) is 15.8. The summed E-state index contributed by atoms with van der Waals surface area (Å²) < 4.78 is 11.4. The van der Waals surface area contributed by atoms with Crippen LogP contribution in [0, 0.1) is 19.3 Å². The number of nitrogens with one attached hydrogen (secondary N) is 4. The number of aromatic nitrogens is 1. The van der Waals surface area contributed by atoms with E-state index >= 15 is 0 Å². The second-order valence-electron chi connectivity index (χ2n) is 11.9. The van der Waals surface area contributed by atoms with E-state index in [9.17, 15) is 9.59 Å². The Hall–Kier alpha value is -3.79. The van der Waals surface area contributed by atoms with Crippen LogP contribution in [0.1, 0.15) is 70.4 Å². The SMILES string of the molecule is Cc1cc(C)c(CNC(=O)c2cc(-c3ccc(COCCCN4CCOCC4)cc3)cc(NC3CCCC3)c2C=N)c(=O)[nH]1. The number of benzene rings is 2.